The van der Waals surface area contributed by atoms with E-state index in [0.29, 0.717) is 11.3 Å². The fourth-order valence-corrected chi connectivity index (χ4v) is 2.69. The zero-order valence-corrected chi connectivity index (χ0v) is 14.8. The lowest BCUT2D eigenvalue weighted by molar-refractivity contribution is -0.115. The largest absolute Gasteiger partial charge is 0.467 e. The van der Waals surface area contributed by atoms with Crippen LogP contribution in [0.4, 0.5) is 5.69 Å². The minimum absolute atomic E-state index is 0.0962. The molecule has 3 rings (SSSR count). The van der Waals surface area contributed by atoms with Crippen molar-refractivity contribution in [3.8, 4) is 0 Å². The Balaban J connectivity index is 1.62. The molecule has 0 fully saturated rings. The molecule has 138 valence electrons. The zero-order chi connectivity index (χ0) is 19.1. The molecular formula is C21H20N2O4. The first-order valence-electron chi connectivity index (χ1n) is 8.47. The second kappa shape index (κ2) is 8.82. The van der Waals surface area contributed by atoms with Crippen LogP contribution in [0.2, 0.25) is 0 Å². The second-order valence-corrected chi connectivity index (χ2v) is 5.86. The molecule has 0 aliphatic carbocycles. The van der Waals surface area contributed by atoms with E-state index in [9.17, 15) is 9.59 Å². The Labute approximate surface area is 157 Å². The van der Waals surface area contributed by atoms with Gasteiger partial charge in [0, 0.05) is 5.69 Å². The summed E-state index contributed by atoms with van der Waals surface area (Å²) >= 11 is 0. The Morgan fingerprint density at radius 1 is 1.00 bits per heavy atom. The summed E-state index contributed by atoms with van der Waals surface area (Å²) in [6.45, 7) is 0.0962. The predicted octanol–water partition coefficient (Wildman–Crippen LogP) is 3.38. The quantitative estimate of drug-likeness (QED) is 0.628. The van der Waals surface area contributed by atoms with Crippen molar-refractivity contribution in [2.75, 3.05) is 19.0 Å². The van der Waals surface area contributed by atoms with E-state index in [0.717, 1.165) is 11.3 Å². The topological polar surface area (TPSA) is 80.6 Å². The molecule has 1 aromatic heterocycles. The van der Waals surface area contributed by atoms with E-state index in [2.05, 4.69) is 15.4 Å². The maximum absolute atomic E-state index is 12.3. The minimum Gasteiger partial charge on any atom is -0.467 e. The van der Waals surface area contributed by atoms with Gasteiger partial charge < -0.3 is 14.5 Å². The van der Waals surface area contributed by atoms with Gasteiger partial charge in [-0.2, -0.15) is 0 Å². The van der Waals surface area contributed by atoms with E-state index in [-0.39, 0.29) is 18.5 Å². The highest BCUT2D eigenvalue weighted by Crippen LogP contribution is 2.22. The molecule has 6 nitrogen and oxygen atoms in total. The van der Waals surface area contributed by atoms with Crippen LogP contribution < -0.4 is 10.6 Å². The van der Waals surface area contributed by atoms with Gasteiger partial charge >= 0.3 is 5.97 Å². The standard InChI is InChI=1S/C21H20N2O4/c1-26-21(25)16-9-11-17(12-10-16)23-19(24)14-22-20(18-8-5-13-27-18)15-6-3-2-4-7-15/h2-13,20,22H,14H2,1H3,(H,23,24)/t20-/m1/s1. The maximum atomic E-state index is 12.3. The van der Waals surface area contributed by atoms with E-state index in [1.807, 2.05) is 42.5 Å². The Morgan fingerprint density at radius 3 is 2.37 bits per heavy atom. The van der Waals surface area contributed by atoms with Crippen molar-refractivity contribution in [1.82, 2.24) is 5.32 Å². The van der Waals surface area contributed by atoms with Crippen molar-refractivity contribution in [2.24, 2.45) is 0 Å². The molecule has 6 heteroatoms. The molecule has 2 N–H and O–H groups in total. The second-order valence-electron chi connectivity index (χ2n) is 5.86. The molecule has 1 amide bonds. The maximum Gasteiger partial charge on any atom is 0.337 e. The van der Waals surface area contributed by atoms with Crippen LogP contribution in [-0.4, -0.2) is 25.5 Å². The van der Waals surface area contributed by atoms with Crippen molar-refractivity contribution in [2.45, 2.75) is 6.04 Å². The Kier molecular flexibility index (Phi) is 6.02. The molecule has 2 aromatic carbocycles. The number of carbonyl (C=O) groups excluding carboxylic acids is 2. The lowest BCUT2D eigenvalue weighted by Crippen LogP contribution is -2.31. The third-order valence-corrected chi connectivity index (χ3v) is 4.02. The van der Waals surface area contributed by atoms with E-state index in [4.69, 9.17) is 4.42 Å². The van der Waals surface area contributed by atoms with Gasteiger partial charge in [-0.05, 0) is 42.0 Å². The van der Waals surface area contributed by atoms with Gasteiger partial charge in [0.25, 0.3) is 0 Å². The summed E-state index contributed by atoms with van der Waals surface area (Å²) in [5.74, 6) is 0.114. The number of esters is 1. The van der Waals surface area contributed by atoms with E-state index in [1.54, 1.807) is 30.5 Å². The number of anilines is 1. The van der Waals surface area contributed by atoms with Crippen LogP contribution in [0.3, 0.4) is 0 Å². The van der Waals surface area contributed by atoms with Crippen LogP contribution in [-0.2, 0) is 9.53 Å². The molecule has 0 saturated heterocycles. The molecule has 0 bridgehead atoms. The number of rotatable bonds is 7. The van der Waals surface area contributed by atoms with Crippen molar-refractivity contribution in [3.63, 3.8) is 0 Å². The molecule has 27 heavy (non-hydrogen) atoms. The Hall–Kier alpha value is -3.38. The van der Waals surface area contributed by atoms with Gasteiger partial charge in [-0.3, -0.25) is 10.1 Å². The summed E-state index contributed by atoms with van der Waals surface area (Å²) < 4.78 is 10.2. The van der Waals surface area contributed by atoms with Crippen LogP contribution in [0.15, 0.2) is 77.4 Å². The highest BCUT2D eigenvalue weighted by molar-refractivity contribution is 5.94. The van der Waals surface area contributed by atoms with Crippen LogP contribution in [0.25, 0.3) is 0 Å². The van der Waals surface area contributed by atoms with Gasteiger partial charge in [-0.15, -0.1) is 0 Å². The highest BCUT2D eigenvalue weighted by atomic mass is 16.5. The summed E-state index contributed by atoms with van der Waals surface area (Å²) in [4.78, 5) is 23.7. The fraction of sp³-hybridized carbons (Fsp3) is 0.143. The average molecular weight is 364 g/mol. The minimum atomic E-state index is -0.418. The van der Waals surface area contributed by atoms with Gasteiger partial charge in [0.1, 0.15) is 5.76 Å². The van der Waals surface area contributed by atoms with Crippen molar-refractivity contribution >= 4 is 17.6 Å². The lowest BCUT2D eigenvalue weighted by atomic mass is 10.0. The van der Waals surface area contributed by atoms with Gasteiger partial charge in [-0.1, -0.05) is 30.3 Å². The van der Waals surface area contributed by atoms with Crippen molar-refractivity contribution < 1.29 is 18.7 Å². The van der Waals surface area contributed by atoms with Crippen LogP contribution >= 0.6 is 0 Å². The first-order chi connectivity index (χ1) is 13.2. The van der Waals surface area contributed by atoms with Crippen LogP contribution in [0, 0.1) is 0 Å². The third kappa shape index (κ3) is 4.83. The van der Waals surface area contributed by atoms with Crippen LogP contribution in [0.1, 0.15) is 27.7 Å². The first kappa shape index (κ1) is 18.4. The Morgan fingerprint density at radius 2 is 1.74 bits per heavy atom. The predicted molar refractivity (Wildman–Crippen MR) is 101 cm³/mol. The average Bonchev–Trinajstić information content (AvgIpc) is 3.23. The fourth-order valence-electron chi connectivity index (χ4n) is 2.69. The molecule has 0 aliphatic rings. The number of benzene rings is 2. The SMILES string of the molecule is COC(=O)c1ccc(NC(=O)CN[C@H](c2ccccc2)c2ccco2)cc1. The van der Waals surface area contributed by atoms with Crippen LogP contribution in [0.5, 0.6) is 0 Å². The van der Waals surface area contributed by atoms with Crippen molar-refractivity contribution in [3.05, 3.63) is 89.9 Å². The van der Waals surface area contributed by atoms with Gasteiger partial charge in [0.05, 0.1) is 31.5 Å². The summed E-state index contributed by atoms with van der Waals surface area (Å²) in [5.41, 5.74) is 2.03. The zero-order valence-electron chi connectivity index (χ0n) is 14.8. The molecular weight excluding hydrogens is 344 g/mol. The molecule has 0 saturated carbocycles. The summed E-state index contributed by atoms with van der Waals surface area (Å²) in [6, 6.07) is 19.7. The number of furan rings is 1. The molecule has 3 aromatic rings. The number of amides is 1. The highest BCUT2D eigenvalue weighted by Gasteiger charge is 2.17. The number of carbonyl (C=O) groups is 2. The van der Waals surface area contributed by atoms with E-state index < -0.39 is 5.97 Å². The number of ether oxygens (including phenoxy) is 1. The van der Waals surface area contributed by atoms with Gasteiger partial charge in [0.15, 0.2) is 0 Å². The number of hydrogen-bond acceptors (Lipinski definition) is 5. The molecule has 0 radical (unpaired) electrons. The molecule has 0 aliphatic heterocycles. The van der Waals surface area contributed by atoms with Gasteiger partial charge in [-0.25, -0.2) is 4.79 Å². The molecule has 0 spiro atoms. The normalized spacial score (nSPS) is 11.6. The van der Waals surface area contributed by atoms with E-state index >= 15 is 0 Å². The molecule has 0 unspecified atom stereocenters. The molecule has 1 heterocycles. The lowest BCUT2D eigenvalue weighted by Gasteiger charge is -2.17. The number of nitrogens with one attached hydrogen (secondary N) is 2. The summed E-state index contributed by atoms with van der Waals surface area (Å²) in [5, 5.41) is 6.01. The monoisotopic (exact) mass is 364 g/mol. The Bertz CT molecular complexity index is 874. The summed E-state index contributed by atoms with van der Waals surface area (Å²) in [6.07, 6.45) is 1.61. The number of hydrogen-bond donors (Lipinski definition) is 2. The van der Waals surface area contributed by atoms with Gasteiger partial charge in [0.2, 0.25) is 5.91 Å². The first-order valence-corrected chi connectivity index (χ1v) is 8.47. The van der Waals surface area contributed by atoms with Crippen molar-refractivity contribution in [1.29, 1.82) is 0 Å². The van der Waals surface area contributed by atoms with E-state index in [1.165, 1.54) is 7.11 Å². The molecule has 1 atom stereocenters. The smallest absolute Gasteiger partial charge is 0.337 e. The third-order valence-electron chi connectivity index (χ3n) is 4.02. The summed E-state index contributed by atoms with van der Waals surface area (Å²) in [7, 11) is 1.33. The number of methoxy groups -OCH3 is 1.